The van der Waals surface area contributed by atoms with E-state index in [0.29, 0.717) is 12.0 Å². The van der Waals surface area contributed by atoms with E-state index in [-0.39, 0.29) is 6.42 Å². The van der Waals surface area contributed by atoms with E-state index in [0.717, 1.165) is 0 Å². The highest BCUT2D eigenvalue weighted by atomic mass is 19.4. The summed E-state index contributed by atoms with van der Waals surface area (Å²) >= 11 is 0. The molecule has 0 aromatic carbocycles. The number of aromatic nitrogens is 1. The number of hydrogen-bond donors (Lipinski definition) is 1. The molecule has 106 valence electrons. The minimum Gasteiger partial charge on any atom is -0.344 e. The molecular formula is C13H17F3N2O. The van der Waals surface area contributed by atoms with Gasteiger partial charge in [-0.2, -0.15) is 13.2 Å². The SMILES string of the molecule is CC[C@H](C)[C@@H](NC(=O)Cc1cccnc1)C(F)(F)F. The molecule has 0 saturated heterocycles. The lowest BCUT2D eigenvalue weighted by molar-refractivity contribution is -0.171. The first-order valence-electron chi connectivity index (χ1n) is 6.09. The zero-order valence-corrected chi connectivity index (χ0v) is 10.9. The molecular weight excluding hydrogens is 257 g/mol. The molecule has 0 spiro atoms. The molecule has 1 amide bonds. The predicted molar refractivity (Wildman–Crippen MR) is 65.4 cm³/mol. The van der Waals surface area contributed by atoms with Gasteiger partial charge < -0.3 is 5.32 Å². The number of nitrogens with zero attached hydrogens (tertiary/aromatic N) is 1. The third-order valence-corrected chi connectivity index (χ3v) is 2.97. The van der Waals surface area contributed by atoms with E-state index in [1.807, 2.05) is 0 Å². The van der Waals surface area contributed by atoms with Crippen molar-refractivity contribution in [1.82, 2.24) is 10.3 Å². The summed E-state index contributed by atoms with van der Waals surface area (Å²) in [6, 6.07) is 1.48. The quantitative estimate of drug-likeness (QED) is 0.897. The molecule has 0 aliphatic rings. The van der Waals surface area contributed by atoms with E-state index < -0.39 is 24.0 Å². The Balaban J connectivity index is 2.67. The van der Waals surface area contributed by atoms with E-state index in [9.17, 15) is 18.0 Å². The maximum Gasteiger partial charge on any atom is 0.408 e. The van der Waals surface area contributed by atoms with Gasteiger partial charge in [-0.1, -0.05) is 26.3 Å². The van der Waals surface area contributed by atoms with Crippen molar-refractivity contribution in [3.05, 3.63) is 30.1 Å². The third-order valence-electron chi connectivity index (χ3n) is 2.97. The van der Waals surface area contributed by atoms with Crippen LogP contribution in [0.5, 0.6) is 0 Å². The average Bonchev–Trinajstić information content (AvgIpc) is 2.35. The van der Waals surface area contributed by atoms with Gasteiger partial charge in [0, 0.05) is 12.4 Å². The zero-order valence-electron chi connectivity index (χ0n) is 10.9. The Morgan fingerprint density at radius 2 is 2.16 bits per heavy atom. The third kappa shape index (κ3) is 4.89. The summed E-state index contributed by atoms with van der Waals surface area (Å²) in [5, 5.41) is 2.06. The van der Waals surface area contributed by atoms with Gasteiger partial charge in [-0.25, -0.2) is 0 Å². The molecule has 0 unspecified atom stereocenters. The van der Waals surface area contributed by atoms with Crippen LogP contribution in [0, 0.1) is 5.92 Å². The number of pyridine rings is 1. The number of alkyl halides is 3. The number of carbonyl (C=O) groups excluding carboxylic acids is 1. The Morgan fingerprint density at radius 3 is 2.63 bits per heavy atom. The van der Waals surface area contributed by atoms with E-state index >= 15 is 0 Å². The maximum absolute atomic E-state index is 12.8. The van der Waals surface area contributed by atoms with Gasteiger partial charge in [0.1, 0.15) is 6.04 Å². The highest BCUT2D eigenvalue weighted by Crippen LogP contribution is 2.27. The first kappa shape index (κ1) is 15.5. The fourth-order valence-corrected chi connectivity index (χ4v) is 1.69. The minimum absolute atomic E-state index is 0.100. The second-order valence-corrected chi connectivity index (χ2v) is 4.51. The molecule has 0 bridgehead atoms. The molecule has 1 aromatic rings. The molecule has 1 rings (SSSR count). The van der Waals surface area contributed by atoms with E-state index in [1.165, 1.54) is 13.1 Å². The van der Waals surface area contributed by atoms with Crippen molar-refractivity contribution in [2.45, 2.75) is 38.9 Å². The Hall–Kier alpha value is -1.59. The van der Waals surface area contributed by atoms with Gasteiger partial charge in [-0.05, 0) is 17.5 Å². The van der Waals surface area contributed by atoms with Gasteiger partial charge >= 0.3 is 6.18 Å². The molecule has 6 heteroatoms. The monoisotopic (exact) mass is 274 g/mol. The highest BCUT2D eigenvalue weighted by molar-refractivity contribution is 5.78. The Morgan fingerprint density at radius 1 is 1.47 bits per heavy atom. The van der Waals surface area contributed by atoms with Crippen LogP contribution < -0.4 is 5.32 Å². The van der Waals surface area contributed by atoms with Crippen LogP contribution in [0.3, 0.4) is 0 Å². The predicted octanol–water partition coefficient (Wildman–Crippen LogP) is 2.72. The standard InChI is InChI=1S/C13H17F3N2O/c1-3-9(2)12(13(14,15)16)18-11(19)7-10-5-4-6-17-8-10/h4-6,8-9,12H,3,7H2,1-2H3,(H,18,19)/t9-,12+/m0/s1. The summed E-state index contributed by atoms with van der Waals surface area (Å²) in [6.45, 7) is 3.14. The van der Waals surface area contributed by atoms with Crippen molar-refractivity contribution in [2.24, 2.45) is 5.92 Å². The van der Waals surface area contributed by atoms with Crippen LogP contribution in [-0.4, -0.2) is 23.1 Å². The topological polar surface area (TPSA) is 42.0 Å². The normalized spacial score (nSPS) is 14.8. The average molecular weight is 274 g/mol. The zero-order chi connectivity index (χ0) is 14.5. The van der Waals surface area contributed by atoms with Crippen LogP contribution in [0.15, 0.2) is 24.5 Å². The molecule has 0 aliphatic heterocycles. The maximum atomic E-state index is 12.8. The molecule has 19 heavy (non-hydrogen) atoms. The number of hydrogen-bond acceptors (Lipinski definition) is 2. The molecule has 0 saturated carbocycles. The molecule has 2 atom stereocenters. The fraction of sp³-hybridized carbons (Fsp3) is 0.538. The van der Waals surface area contributed by atoms with Gasteiger partial charge in [0.05, 0.1) is 6.42 Å². The van der Waals surface area contributed by atoms with Crippen molar-refractivity contribution < 1.29 is 18.0 Å². The minimum atomic E-state index is -4.43. The van der Waals surface area contributed by atoms with Gasteiger partial charge in [-0.3, -0.25) is 9.78 Å². The largest absolute Gasteiger partial charge is 0.408 e. The lowest BCUT2D eigenvalue weighted by Crippen LogP contribution is -2.49. The van der Waals surface area contributed by atoms with Gasteiger partial charge in [-0.15, -0.1) is 0 Å². The molecule has 3 nitrogen and oxygen atoms in total. The molecule has 0 aliphatic carbocycles. The Bertz CT molecular complexity index is 406. The van der Waals surface area contributed by atoms with Gasteiger partial charge in [0.25, 0.3) is 0 Å². The lowest BCUT2D eigenvalue weighted by atomic mass is 9.98. The Labute approximate surface area is 110 Å². The number of amides is 1. The first-order chi connectivity index (χ1) is 8.84. The highest BCUT2D eigenvalue weighted by Gasteiger charge is 2.43. The van der Waals surface area contributed by atoms with Crippen LogP contribution >= 0.6 is 0 Å². The van der Waals surface area contributed by atoms with E-state index in [2.05, 4.69) is 10.3 Å². The smallest absolute Gasteiger partial charge is 0.344 e. The van der Waals surface area contributed by atoms with Crippen LogP contribution in [0.4, 0.5) is 13.2 Å². The van der Waals surface area contributed by atoms with Gasteiger partial charge in [0.2, 0.25) is 5.91 Å². The summed E-state index contributed by atoms with van der Waals surface area (Å²) in [5.41, 5.74) is 0.588. The van der Waals surface area contributed by atoms with Crippen LogP contribution in [0.2, 0.25) is 0 Å². The molecule has 0 radical (unpaired) electrons. The number of carbonyl (C=O) groups is 1. The van der Waals surface area contributed by atoms with Crippen molar-refractivity contribution in [3.8, 4) is 0 Å². The second kappa shape index (κ2) is 6.54. The van der Waals surface area contributed by atoms with Crippen molar-refractivity contribution in [3.63, 3.8) is 0 Å². The molecule has 0 fully saturated rings. The first-order valence-corrected chi connectivity index (χ1v) is 6.09. The second-order valence-electron chi connectivity index (χ2n) is 4.51. The van der Waals surface area contributed by atoms with E-state index in [1.54, 1.807) is 25.3 Å². The van der Waals surface area contributed by atoms with Crippen LogP contribution in [-0.2, 0) is 11.2 Å². The molecule has 1 N–H and O–H groups in total. The van der Waals surface area contributed by atoms with Crippen LogP contribution in [0.25, 0.3) is 0 Å². The molecule has 1 heterocycles. The molecule has 1 aromatic heterocycles. The van der Waals surface area contributed by atoms with Crippen molar-refractivity contribution >= 4 is 5.91 Å². The van der Waals surface area contributed by atoms with E-state index in [4.69, 9.17) is 0 Å². The van der Waals surface area contributed by atoms with Crippen molar-refractivity contribution in [1.29, 1.82) is 0 Å². The van der Waals surface area contributed by atoms with Crippen molar-refractivity contribution in [2.75, 3.05) is 0 Å². The lowest BCUT2D eigenvalue weighted by Gasteiger charge is -2.26. The fourth-order valence-electron chi connectivity index (χ4n) is 1.69. The Kier molecular flexibility index (Phi) is 5.32. The van der Waals surface area contributed by atoms with Gasteiger partial charge in [0.15, 0.2) is 0 Å². The number of halogens is 3. The number of nitrogens with one attached hydrogen (secondary N) is 1. The summed E-state index contributed by atoms with van der Waals surface area (Å²) in [6.07, 6.45) is -1.18. The summed E-state index contributed by atoms with van der Waals surface area (Å²) in [7, 11) is 0. The summed E-state index contributed by atoms with van der Waals surface area (Å²) in [5.74, 6) is -1.30. The summed E-state index contributed by atoms with van der Waals surface area (Å²) < 4.78 is 38.5. The number of rotatable bonds is 5. The van der Waals surface area contributed by atoms with Crippen LogP contribution in [0.1, 0.15) is 25.8 Å². The summed E-state index contributed by atoms with van der Waals surface area (Å²) in [4.78, 5) is 15.5.